The highest BCUT2D eigenvalue weighted by Crippen LogP contribution is 2.27. The summed E-state index contributed by atoms with van der Waals surface area (Å²) in [6.45, 7) is 0.0502. The third-order valence-corrected chi connectivity index (χ3v) is 5.93. The van der Waals surface area contributed by atoms with Gasteiger partial charge in [-0.25, -0.2) is 4.79 Å². The maximum Gasteiger partial charge on any atom is 0.330 e. The van der Waals surface area contributed by atoms with Gasteiger partial charge in [-0.2, -0.15) is 0 Å². The highest BCUT2D eigenvalue weighted by atomic mass is 16.5. The van der Waals surface area contributed by atoms with E-state index in [0.717, 1.165) is 26.8 Å². The number of imide groups is 1. The average molecular weight is 435 g/mol. The fraction of sp³-hybridized carbons (Fsp3) is 0.107. The van der Waals surface area contributed by atoms with Crippen molar-refractivity contribution < 1.29 is 19.1 Å². The number of hydrogen-bond donors (Lipinski definition) is 0. The van der Waals surface area contributed by atoms with Gasteiger partial charge in [0.25, 0.3) is 11.8 Å². The maximum absolute atomic E-state index is 13.3. The van der Waals surface area contributed by atoms with Gasteiger partial charge in [0.2, 0.25) is 0 Å². The molecular formula is C28H21NO4. The van der Waals surface area contributed by atoms with Crippen molar-refractivity contribution in [1.29, 1.82) is 0 Å². The van der Waals surface area contributed by atoms with Crippen molar-refractivity contribution in [3.05, 3.63) is 119 Å². The van der Waals surface area contributed by atoms with Gasteiger partial charge in [-0.15, -0.1) is 0 Å². The first-order chi connectivity index (χ1) is 16.1. The molecule has 0 spiro atoms. The predicted molar refractivity (Wildman–Crippen MR) is 125 cm³/mol. The zero-order chi connectivity index (χ0) is 22.8. The number of rotatable bonds is 6. The highest BCUT2D eigenvalue weighted by Gasteiger charge is 2.43. The lowest BCUT2D eigenvalue weighted by molar-refractivity contribution is -0.149. The SMILES string of the molecule is O=C(OCc1cccc2ccccc12)C(Cc1ccccc1)N1C(=O)c2ccccc2C1=O. The van der Waals surface area contributed by atoms with E-state index < -0.39 is 23.8 Å². The molecular weight excluding hydrogens is 414 g/mol. The molecule has 0 aliphatic carbocycles. The summed E-state index contributed by atoms with van der Waals surface area (Å²) in [4.78, 5) is 40.5. The second-order valence-electron chi connectivity index (χ2n) is 7.98. The fourth-order valence-corrected chi connectivity index (χ4v) is 4.27. The Kier molecular flexibility index (Phi) is 5.45. The molecule has 0 bridgehead atoms. The number of carbonyl (C=O) groups excluding carboxylic acids is 3. The monoisotopic (exact) mass is 435 g/mol. The van der Waals surface area contributed by atoms with Crippen LogP contribution in [0.4, 0.5) is 0 Å². The van der Waals surface area contributed by atoms with E-state index in [1.165, 1.54) is 0 Å². The van der Waals surface area contributed by atoms with E-state index in [0.29, 0.717) is 11.1 Å². The van der Waals surface area contributed by atoms with Crippen LogP contribution in [-0.4, -0.2) is 28.7 Å². The van der Waals surface area contributed by atoms with Gasteiger partial charge < -0.3 is 4.74 Å². The van der Waals surface area contributed by atoms with Crippen molar-refractivity contribution in [3.63, 3.8) is 0 Å². The topological polar surface area (TPSA) is 63.7 Å². The molecule has 1 heterocycles. The average Bonchev–Trinajstić information content (AvgIpc) is 3.11. The Morgan fingerprint density at radius 3 is 2.06 bits per heavy atom. The Morgan fingerprint density at radius 2 is 1.33 bits per heavy atom. The van der Waals surface area contributed by atoms with Crippen LogP contribution >= 0.6 is 0 Å². The van der Waals surface area contributed by atoms with E-state index in [9.17, 15) is 14.4 Å². The molecule has 0 aromatic heterocycles. The van der Waals surface area contributed by atoms with Crippen molar-refractivity contribution in [2.45, 2.75) is 19.1 Å². The van der Waals surface area contributed by atoms with E-state index >= 15 is 0 Å². The highest BCUT2D eigenvalue weighted by molar-refractivity contribution is 6.22. The van der Waals surface area contributed by atoms with E-state index in [1.54, 1.807) is 24.3 Å². The molecule has 33 heavy (non-hydrogen) atoms. The van der Waals surface area contributed by atoms with Crippen molar-refractivity contribution in [2.75, 3.05) is 0 Å². The van der Waals surface area contributed by atoms with Crippen LogP contribution in [0.15, 0.2) is 97.1 Å². The molecule has 5 nitrogen and oxygen atoms in total. The van der Waals surface area contributed by atoms with Gasteiger partial charge in [0.15, 0.2) is 0 Å². The minimum Gasteiger partial charge on any atom is -0.459 e. The van der Waals surface area contributed by atoms with Crippen molar-refractivity contribution in [1.82, 2.24) is 4.90 Å². The van der Waals surface area contributed by atoms with Gasteiger partial charge in [-0.3, -0.25) is 14.5 Å². The molecule has 0 saturated carbocycles. The molecule has 5 rings (SSSR count). The molecule has 1 unspecified atom stereocenters. The lowest BCUT2D eigenvalue weighted by atomic mass is 10.0. The largest absolute Gasteiger partial charge is 0.459 e. The minimum absolute atomic E-state index is 0.0502. The molecule has 0 N–H and O–H groups in total. The van der Waals surface area contributed by atoms with Gasteiger partial charge >= 0.3 is 5.97 Å². The molecule has 1 atom stereocenters. The quantitative estimate of drug-likeness (QED) is 0.323. The van der Waals surface area contributed by atoms with Gasteiger partial charge in [0.1, 0.15) is 12.6 Å². The second-order valence-corrected chi connectivity index (χ2v) is 7.98. The van der Waals surface area contributed by atoms with Crippen LogP contribution in [0, 0.1) is 0 Å². The normalized spacial score (nSPS) is 13.8. The number of nitrogens with zero attached hydrogens (tertiary/aromatic N) is 1. The number of amides is 2. The zero-order valence-corrected chi connectivity index (χ0v) is 17.8. The number of hydrogen-bond acceptors (Lipinski definition) is 4. The molecule has 1 aliphatic heterocycles. The van der Waals surface area contributed by atoms with Crippen LogP contribution in [0.5, 0.6) is 0 Å². The molecule has 5 heteroatoms. The van der Waals surface area contributed by atoms with Crippen molar-refractivity contribution in [2.24, 2.45) is 0 Å². The number of carbonyl (C=O) groups is 3. The van der Waals surface area contributed by atoms with Crippen LogP contribution in [0.25, 0.3) is 10.8 Å². The Labute approximate surface area is 191 Å². The lowest BCUT2D eigenvalue weighted by Gasteiger charge is -2.25. The fourth-order valence-electron chi connectivity index (χ4n) is 4.27. The van der Waals surface area contributed by atoms with Gasteiger partial charge in [-0.05, 0) is 34.0 Å². The first-order valence-corrected chi connectivity index (χ1v) is 10.8. The van der Waals surface area contributed by atoms with Crippen LogP contribution in [0.1, 0.15) is 31.8 Å². The summed E-state index contributed by atoms with van der Waals surface area (Å²) >= 11 is 0. The van der Waals surface area contributed by atoms with Gasteiger partial charge in [0, 0.05) is 6.42 Å². The Bertz CT molecular complexity index is 1320. The first-order valence-electron chi connectivity index (χ1n) is 10.8. The second kappa shape index (κ2) is 8.71. The summed E-state index contributed by atoms with van der Waals surface area (Å²) in [7, 11) is 0. The molecule has 4 aromatic rings. The Hall–Kier alpha value is -4.25. The third kappa shape index (κ3) is 3.89. The third-order valence-electron chi connectivity index (χ3n) is 5.93. The van der Waals surface area contributed by atoms with Crippen LogP contribution in [0.3, 0.4) is 0 Å². The molecule has 0 radical (unpaired) electrons. The molecule has 0 fully saturated rings. The standard InChI is InChI=1S/C28H21NO4/c30-26-23-15-6-7-16-24(23)27(31)29(26)25(17-19-9-2-1-3-10-19)28(32)33-18-21-13-8-12-20-11-4-5-14-22(20)21/h1-16,25H,17-18H2. The zero-order valence-electron chi connectivity index (χ0n) is 17.8. The number of esters is 1. The van der Waals surface area contributed by atoms with Crippen molar-refractivity contribution >= 4 is 28.6 Å². The molecule has 2 amide bonds. The maximum atomic E-state index is 13.3. The molecule has 1 aliphatic rings. The number of ether oxygens (including phenoxy) is 1. The predicted octanol–water partition coefficient (Wildman–Crippen LogP) is 4.79. The smallest absolute Gasteiger partial charge is 0.330 e. The van der Waals surface area contributed by atoms with E-state index in [2.05, 4.69) is 0 Å². The summed E-state index contributed by atoms with van der Waals surface area (Å²) in [5, 5.41) is 2.04. The molecule has 4 aromatic carbocycles. The Morgan fingerprint density at radius 1 is 0.727 bits per heavy atom. The number of benzene rings is 4. The van der Waals surface area contributed by atoms with E-state index in [1.807, 2.05) is 72.8 Å². The van der Waals surface area contributed by atoms with Gasteiger partial charge in [-0.1, -0.05) is 84.9 Å². The molecule has 0 saturated heterocycles. The number of fused-ring (bicyclic) bond motifs is 2. The summed E-state index contributed by atoms with van der Waals surface area (Å²) in [5.41, 5.74) is 2.31. The summed E-state index contributed by atoms with van der Waals surface area (Å²) < 4.78 is 5.69. The Balaban J connectivity index is 1.44. The minimum atomic E-state index is -1.06. The van der Waals surface area contributed by atoms with Crippen LogP contribution < -0.4 is 0 Å². The van der Waals surface area contributed by atoms with Crippen molar-refractivity contribution in [3.8, 4) is 0 Å². The summed E-state index contributed by atoms with van der Waals surface area (Å²) in [5.74, 6) is -1.56. The van der Waals surface area contributed by atoms with E-state index in [4.69, 9.17) is 4.74 Å². The first kappa shape index (κ1) is 20.6. The van der Waals surface area contributed by atoms with Crippen LogP contribution in [0.2, 0.25) is 0 Å². The summed E-state index contributed by atoms with van der Waals surface area (Å²) in [6, 6.07) is 28.6. The van der Waals surface area contributed by atoms with E-state index in [-0.39, 0.29) is 13.0 Å². The lowest BCUT2D eigenvalue weighted by Crippen LogP contribution is -2.47. The van der Waals surface area contributed by atoms with Gasteiger partial charge in [0.05, 0.1) is 11.1 Å². The summed E-state index contributed by atoms with van der Waals surface area (Å²) in [6.07, 6.45) is 0.181. The molecule has 162 valence electrons. The van der Waals surface area contributed by atoms with Crippen LogP contribution in [-0.2, 0) is 22.6 Å².